The molecule has 1 heterocycles. The Hall–Kier alpha value is -1.54. The van der Waals surface area contributed by atoms with E-state index < -0.39 is 0 Å². The number of guanidine groups is 1. The van der Waals surface area contributed by atoms with Gasteiger partial charge in [-0.05, 0) is 44.0 Å². The summed E-state index contributed by atoms with van der Waals surface area (Å²) in [7, 11) is 1.75. The molecular formula is C19H26ClIN4O. The van der Waals surface area contributed by atoms with Gasteiger partial charge in [-0.1, -0.05) is 35.4 Å². The minimum Gasteiger partial charge on any atom is -0.489 e. The zero-order chi connectivity index (χ0) is 18.1. The molecule has 0 aliphatic carbocycles. The highest BCUT2D eigenvalue weighted by atomic mass is 127. The van der Waals surface area contributed by atoms with Crippen molar-refractivity contribution in [3.63, 3.8) is 0 Å². The van der Waals surface area contributed by atoms with E-state index in [0.29, 0.717) is 11.7 Å². The van der Waals surface area contributed by atoms with Gasteiger partial charge in [-0.2, -0.15) is 0 Å². The third-order valence-corrected chi connectivity index (χ3v) is 3.86. The predicted molar refractivity (Wildman–Crippen MR) is 119 cm³/mol. The highest BCUT2D eigenvalue weighted by Gasteiger charge is 2.06. The van der Waals surface area contributed by atoms with Crippen molar-refractivity contribution in [2.24, 2.45) is 4.99 Å². The summed E-state index contributed by atoms with van der Waals surface area (Å²) in [6.07, 6.45) is 2.67. The predicted octanol–water partition coefficient (Wildman–Crippen LogP) is 3.84. The summed E-state index contributed by atoms with van der Waals surface area (Å²) in [4.78, 5) is 8.30. The number of aliphatic imine (C=N–C) groups is 1. The molecule has 1 aromatic carbocycles. The van der Waals surface area contributed by atoms with E-state index in [2.05, 4.69) is 27.5 Å². The molecule has 2 aromatic rings. The van der Waals surface area contributed by atoms with Gasteiger partial charge in [-0.3, -0.25) is 4.99 Å². The van der Waals surface area contributed by atoms with Crippen LogP contribution in [-0.2, 0) is 6.42 Å². The van der Waals surface area contributed by atoms with Crippen LogP contribution in [0.15, 0.2) is 47.6 Å². The maximum Gasteiger partial charge on any atom is 0.191 e. The second-order valence-electron chi connectivity index (χ2n) is 5.86. The molecular weight excluding hydrogens is 463 g/mol. The molecule has 1 aromatic heterocycles. The fraction of sp³-hybridized carbons (Fsp3) is 0.368. The lowest BCUT2D eigenvalue weighted by Crippen LogP contribution is -2.42. The molecule has 0 fully saturated rings. The van der Waals surface area contributed by atoms with Crippen molar-refractivity contribution in [1.29, 1.82) is 0 Å². The summed E-state index contributed by atoms with van der Waals surface area (Å²) >= 11 is 5.79. The Morgan fingerprint density at radius 1 is 1.19 bits per heavy atom. The van der Waals surface area contributed by atoms with E-state index in [1.165, 1.54) is 5.56 Å². The Kier molecular flexibility index (Phi) is 10.3. The largest absolute Gasteiger partial charge is 0.489 e. The quantitative estimate of drug-likeness (QED) is 0.269. The average molecular weight is 489 g/mol. The number of nitrogens with zero attached hydrogens (tertiary/aromatic N) is 2. The minimum absolute atomic E-state index is 0. The van der Waals surface area contributed by atoms with Gasteiger partial charge in [-0.25, -0.2) is 4.98 Å². The molecule has 2 N–H and O–H groups in total. The smallest absolute Gasteiger partial charge is 0.191 e. The number of benzene rings is 1. The van der Waals surface area contributed by atoms with Crippen molar-refractivity contribution in [1.82, 2.24) is 15.6 Å². The van der Waals surface area contributed by atoms with Crippen molar-refractivity contribution in [2.45, 2.75) is 26.4 Å². The van der Waals surface area contributed by atoms with Gasteiger partial charge >= 0.3 is 0 Å². The standard InChI is InChI=1S/C19H25ClN4O.HI/c1-14-4-7-17(8-5-14)25-15(2)12-24-19(21-3)22-11-10-16-6-9-18(20)23-13-16;/h4-9,13,15H,10-12H2,1-3H3,(H2,21,22,24);1H. The molecule has 0 bridgehead atoms. The molecule has 2 rings (SSSR count). The van der Waals surface area contributed by atoms with Crippen LogP contribution in [0.3, 0.4) is 0 Å². The monoisotopic (exact) mass is 488 g/mol. The molecule has 142 valence electrons. The summed E-state index contributed by atoms with van der Waals surface area (Å²) in [5.74, 6) is 1.62. The third-order valence-electron chi connectivity index (χ3n) is 3.63. The molecule has 0 aliphatic heterocycles. The maximum absolute atomic E-state index is 5.88. The highest BCUT2D eigenvalue weighted by Crippen LogP contribution is 2.12. The maximum atomic E-state index is 5.88. The number of hydrogen-bond acceptors (Lipinski definition) is 3. The minimum atomic E-state index is 0. The number of rotatable bonds is 7. The van der Waals surface area contributed by atoms with Gasteiger partial charge in [0.2, 0.25) is 0 Å². The van der Waals surface area contributed by atoms with Crippen LogP contribution in [0, 0.1) is 6.92 Å². The SMILES string of the molecule is CN=C(NCCc1ccc(Cl)nc1)NCC(C)Oc1ccc(C)cc1.I. The first-order valence-corrected chi connectivity index (χ1v) is 8.73. The van der Waals surface area contributed by atoms with E-state index in [1.807, 2.05) is 37.3 Å². The van der Waals surface area contributed by atoms with Crippen molar-refractivity contribution < 1.29 is 4.74 Å². The van der Waals surface area contributed by atoms with Crippen LogP contribution in [0.2, 0.25) is 5.15 Å². The zero-order valence-corrected chi connectivity index (χ0v) is 18.4. The van der Waals surface area contributed by atoms with E-state index in [9.17, 15) is 0 Å². The summed E-state index contributed by atoms with van der Waals surface area (Å²) < 4.78 is 5.88. The van der Waals surface area contributed by atoms with Gasteiger partial charge in [0.05, 0.1) is 6.54 Å². The Morgan fingerprint density at radius 3 is 2.54 bits per heavy atom. The van der Waals surface area contributed by atoms with E-state index in [4.69, 9.17) is 16.3 Å². The molecule has 0 saturated heterocycles. The molecule has 1 atom stereocenters. The number of aromatic nitrogens is 1. The van der Waals surface area contributed by atoms with Crippen LogP contribution in [0.5, 0.6) is 5.75 Å². The Balaban J connectivity index is 0.00000338. The van der Waals surface area contributed by atoms with E-state index in [0.717, 1.165) is 30.2 Å². The van der Waals surface area contributed by atoms with Gasteiger partial charge in [0, 0.05) is 19.8 Å². The van der Waals surface area contributed by atoms with Crippen molar-refractivity contribution in [2.75, 3.05) is 20.1 Å². The lowest BCUT2D eigenvalue weighted by Gasteiger charge is -2.18. The molecule has 0 aliphatic rings. The summed E-state index contributed by atoms with van der Waals surface area (Å²) in [6.45, 7) is 5.51. The fourth-order valence-corrected chi connectivity index (χ4v) is 2.34. The zero-order valence-electron chi connectivity index (χ0n) is 15.3. The van der Waals surface area contributed by atoms with Crippen LogP contribution < -0.4 is 15.4 Å². The highest BCUT2D eigenvalue weighted by molar-refractivity contribution is 14.0. The normalized spacial score (nSPS) is 12.1. The van der Waals surface area contributed by atoms with Gasteiger partial charge < -0.3 is 15.4 Å². The average Bonchev–Trinajstić information content (AvgIpc) is 2.61. The van der Waals surface area contributed by atoms with E-state index in [-0.39, 0.29) is 30.1 Å². The number of nitrogens with one attached hydrogen (secondary N) is 2. The van der Waals surface area contributed by atoms with Gasteiger partial charge in [-0.15, -0.1) is 24.0 Å². The van der Waals surface area contributed by atoms with Gasteiger partial charge in [0.25, 0.3) is 0 Å². The first kappa shape index (κ1) is 22.5. The molecule has 0 radical (unpaired) electrons. The molecule has 5 nitrogen and oxygen atoms in total. The van der Waals surface area contributed by atoms with Crippen molar-refractivity contribution >= 4 is 41.5 Å². The second-order valence-corrected chi connectivity index (χ2v) is 6.25. The first-order valence-electron chi connectivity index (χ1n) is 8.35. The van der Waals surface area contributed by atoms with E-state index >= 15 is 0 Å². The molecule has 0 amide bonds. The number of aryl methyl sites for hydroxylation is 1. The number of hydrogen-bond donors (Lipinski definition) is 2. The fourth-order valence-electron chi connectivity index (χ4n) is 2.23. The van der Waals surface area contributed by atoms with Crippen molar-refractivity contribution in [3.05, 3.63) is 58.9 Å². The molecule has 1 unspecified atom stereocenters. The topological polar surface area (TPSA) is 58.5 Å². The van der Waals surface area contributed by atoms with E-state index in [1.54, 1.807) is 19.3 Å². The summed E-state index contributed by atoms with van der Waals surface area (Å²) in [5.41, 5.74) is 2.35. The van der Waals surface area contributed by atoms with Crippen LogP contribution in [0.1, 0.15) is 18.1 Å². The van der Waals surface area contributed by atoms with Gasteiger partial charge in [0.15, 0.2) is 5.96 Å². The van der Waals surface area contributed by atoms with Crippen LogP contribution in [-0.4, -0.2) is 37.2 Å². The molecule has 0 saturated carbocycles. The molecule has 7 heteroatoms. The lowest BCUT2D eigenvalue weighted by molar-refractivity contribution is 0.224. The second kappa shape index (κ2) is 12.0. The van der Waals surface area contributed by atoms with Crippen LogP contribution in [0.4, 0.5) is 0 Å². The summed E-state index contributed by atoms with van der Waals surface area (Å²) in [5, 5.41) is 7.07. The lowest BCUT2D eigenvalue weighted by atomic mass is 10.2. The first-order chi connectivity index (χ1) is 12.1. The number of ether oxygens (including phenoxy) is 1. The number of halogens is 2. The third kappa shape index (κ3) is 8.23. The Bertz CT molecular complexity index is 677. The molecule has 0 spiro atoms. The molecule has 26 heavy (non-hydrogen) atoms. The van der Waals surface area contributed by atoms with Crippen LogP contribution >= 0.6 is 35.6 Å². The van der Waals surface area contributed by atoms with Crippen molar-refractivity contribution in [3.8, 4) is 5.75 Å². The number of pyridine rings is 1. The van der Waals surface area contributed by atoms with Crippen LogP contribution in [0.25, 0.3) is 0 Å². The van der Waals surface area contributed by atoms with Gasteiger partial charge in [0.1, 0.15) is 17.0 Å². The Morgan fingerprint density at radius 2 is 1.92 bits per heavy atom. The Labute approximate surface area is 177 Å². The summed E-state index contributed by atoms with van der Waals surface area (Å²) in [6, 6.07) is 11.8.